The minimum atomic E-state index is -1.70. The van der Waals surface area contributed by atoms with E-state index in [4.69, 9.17) is 5.11 Å². The number of benzene rings is 1. The predicted molar refractivity (Wildman–Crippen MR) is 77.9 cm³/mol. The van der Waals surface area contributed by atoms with Gasteiger partial charge >= 0.3 is 11.7 Å². The zero-order valence-electron chi connectivity index (χ0n) is 11.9. The fourth-order valence-electron chi connectivity index (χ4n) is 2.51. The van der Waals surface area contributed by atoms with E-state index >= 15 is 0 Å². The Hall–Kier alpha value is -2.70. The lowest BCUT2D eigenvalue weighted by Crippen LogP contribution is -2.36. The predicted octanol–water partition coefficient (Wildman–Crippen LogP) is 1.93. The largest absolute Gasteiger partial charge is 0.473 e. The lowest BCUT2D eigenvalue weighted by molar-refractivity contribution is -0.422. The number of hydrogen-bond acceptors (Lipinski definition) is 5. The monoisotopic (exact) mass is 304 g/mol. The third-order valence-corrected chi connectivity index (χ3v) is 3.53. The summed E-state index contributed by atoms with van der Waals surface area (Å²) in [6.45, 7) is 0.886. The fraction of sp³-hybridized carbons (Fsp3) is 0.333. The first-order chi connectivity index (χ1) is 10.5. The quantitative estimate of drug-likeness (QED) is 0.386. The van der Waals surface area contributed by atoms with Crippen molar-refractivity contribution in [2.75, 3.05) is 13.1 Å². The molecule has 0 bridgehead atoms. The average Bonchev–Trinajstić information content (AvgIpc) is 2.52. The van der Waals surface area contributed by atoms with E-state index in [0.717, 1.165) is 19.3 Å². The number of aliphatic carboxylic acids is 1. The second-order valence-corrected chi connectivity index (χ2v) is 5.00. The Morgan fingerprint density at radius 2 is 1.68 bits per heavy atom. The van der Waals surface area contributed by atoms with Crippen LogP contribution in [-0.4, -0.2) is 39.8 Å². The summed E-state index contributed by atoms with van der Waals surface area (Å²) in [5.74, 6) is -2.33. The maximum atomic E-state index is 12.6. The molecule has 0 aromatic heterocycles. The van der Waals surface area contributed by atoms with E-state index in [9.17, 15) is 19.7 Å². The van der Waals surface area contributed by atoms with Crippen molar-refractivity contribution in [1.82, 2.24) is 4.90 Å². The van der Waals surface area contributed by atoms with Crippen molar-refractivity contribution in [3.05, 3.63) is 57.4 Å². The molecule has 0 atom stereocenters. The lowest BCUT2D eigenvalue weighted by Gasteiger charge is -2.29. The second-order valence-electron chi connectivity index (χ2n) is 5.00. The van der Waals surface area contributed by atoms with E-state index in [-0.39, 0.29) is 11.3 Å². The topological polar surface area (TPSA) is 101 Å². The van der Waals surface area contributed by atoms with E-state index < -0.39 is 22.4 Å². The van der Waals surface area contributed by atoms with Crippen LogP contribution in [0.5, 0.6) is 0 Å². The molecule has 2 rings (SSSR count). The number of carboxylic acid groups (broad SMARTS) is 1. The Kier molecular flexibility index (Phi) is 4.88. The molecule has 22 heavy (non-hydrogen) atoms. The number of nitrogens with zero attached hydrogens (tertiary/aromatic N) is 2. The van der Waals surface area contributed by atoms with Crippen LogP contribution in [0.3, 0.4) is 0 Å². The van der Waals surface area contributed by atoms with Gasteiger partial charge in [-0.1, -0.05) is 30.3 Å². The fourth-order valence-corrected chi connectivity index (χ4v) is 2.51. The van der Waals surface area contributed by atoms with Crippen LogP contribution in [0.25, 0.3) is 0 Å². The first kappa shape index (κ1) is 15.7. The van der Waals surface area contributed by atoms with Crippen LogP contribution in [0.15, 0.2) is 41.7 Å². The van der Waals surface area contributed by atoms with Gasteiger partial charge in [0.05, 0.1) is 4.92 Å². The van der Waals surface area contributed by atoms with Gasteiger partial charge in [0.1, 0.15) is 0 Å². The van der Waals surface area contributed by atoms with E-state index in [1.807, 2.05) is 0 Å². The average molecular weight is 304 g/mol. The second kappa shape index (κ2) is 6.84. The normalized spacial score (nSPS) is 15.9. The van der Waals surface area contributed by atoms with Gasteiger partial charge in [0.2, 0.25) is 5.78 Å². The SMILES string of the molecule is O=C(O)/C(=C(/C(=O)c1ccccc1)N1CCCCC1)[N+](=O)[O-]. The van der Waals surface area contributed by atoms with Crippen molar-refractivity contribution < 1.29 is 19.6 Å². The third kappa shape index (κ3) is 3.30. The number of carboxylic acids is 1. The number of hydrogen-bond donors (Lipinski definition) is 1. The molecule has 1 saturated heterocycles. The molecular weight excluding hydrogens is 288 g/mol. The van der Waals surface area contributed by atoms with Crippen LogP contribution in [0.1, 0.15) is 29.6 Å². The summed E-state index contributed by atoms with van der Waals surface area (Å²) < 4.78 is 0. The Morgan fingerprint density at radius 3 is 2.18 bits per heavy atom. The Balaban J connectivity index is 2.54. The molecule has 0 unspecified atom stereocenters. The van der Waals surface area contributed by atoms with Gasteiger partial charge in [-0.05, 0) is 19.3 Å². The standard InChI is InChI=1S/C15H16N2O5/c18-14(11-7-3-1-4-8-11)12(13(15(19)20)17(21)22)16-9-5-2-6-10-16/h1,3-4,7-8H,2,5-6,9-10H2,(H,19,20)/b13-12+. The summed E-state index contributed by atoms with van der Waals surface area (Å²) in [7, 11) is 0. The van der Waals surface area contributed by atoms with Gasteiger partial charge in [-0.3, -0.25) is 14.9 Å². The van der Waals surface area contributed by atoms with Gasteiger partial charge in [0.25, 0.3) is 0 Å². The Morgan fingerprint density at radius 1 is 1.09 bits per heavy atom. The number of Topliss-reactive ketones (excluding diaryl/α,β-unsaturated/α-hetero) is 1. The lowest BCUT2D eigenvalue weighted by atomic mass is 10.0. The van der Waals surface area contributed by atoms with Gasteiger partial charge in [-0.25, -0.2) is 4.79 Å². The zero-order chi connectivity index (χ0) is 16.1. The summed E-state index contributed by atoms with van der Waals surface area (Å²) in [6, 6.07) is 8.02. The van der Waals surface area contributed by atoms with Crippen LogP contribution >= 0.6 is 0 Å². The number of piperidine rings is 1. The number of carbonyl (C=O) groups excluding carboxylic acids is 1. The molecule has 1 heterocycles. The maximum absolute atomic E-state index is 12.6. The zero-order valence-corrected chi connectivity index (χ0v) is 11.9. The van der Waals surface area contributed by atoms with Crippen molar-refractivity contribution >= 4 is 11.8 Å². The van der Waals surface area contributed by atoms with Gasteiger partial charge in [0.15, 0.2) is 5.70 Å². The number of nitro groups is 1. The summed E-state index contributed by atoms with van der Waals surface area (Å²) >= 11 is 0. The molecule has 116 valence electrons. The maximum Gasteiger partial charge on any atom is 0.409 e. The molecule has 1 aromatic rings. The number of rotatable bonds is 5. The molecule has 0 amide bonds. The van der Waals surface area contributed by atoms with Crippen molar-refractivity contribution in [2.24, 2.45) is 0 Å². The van der Waals surface area contributed by atoms with Gasteiger partial charge in [-0.15, -0.1) is 0 Å². The van der Waals surface area contributed by atoms with Crippen LogP contribution in [0.4, 0.5) is 0 Å². The van der Waals surface area contributed by atoms with Crippen LogP contribution in [0, 0.1) is 10.1 Å². The van der Waals surface area contributed by atoms with Crippen LogP contribution in [0.2, 0.25) is 0 Å². The van der Waals surface area contributed by atoms with E-state index in [0.29, 0.717) is 13.1 Å². The molecule has 0 saturated carbocycles. The van der Waals surface area contributed by atoms with Crippen molar-refractivity contribution in [1.29, 1.82) is 0 Å². The van der Waals surface area contributed by atoms with E-state index in [1.165, 1.54) is 17.0 Å². The van der Waals surface area contributed by atoms with Crippen LogP contribution in [-0.2, 0) is 4.79 Å². The number of ketones is 1. The third-order valence-electron chi connectivity index (χ3n) is 3.53. The van der Waals surface area contributed by atoms with E-state index in [2.05, 4.69) is 0 Å². The molecule has 1 fully saturated rings. The molecule has 1 aliphatic rings. The van der Waals surface area contributed by atoms with Gasteiger partial charge < -0.3 is 10.0 Å². The smallest absolute Gasteiger partial charge is 0.409 e. The first-order valence-electron chi connectivity index (χ1n) is 6.99. The molecule has 7 heteroatoms. The highest BCUT2D eigenvalue weighted by Gasteiger charge is 2.36. The van der Waals surface area contributed by atoms with Crippen LogP contribution < -0.4 is 0 Å². The summed E-state index contributed by atoms with van der Waals surface area (Å²) in [5.41, 5.74) is -1.15. The Labute approximate surface area is 127 Å². The van der Waals surface area contributed by atoms with Gasteiger partial charge in [-0.2, -0.15) is 0 Å². The highest BCUT2D eigenvalue weighted by atomic mass is 16.6. The highest BCUT2D eigenvalue weighted by molar-refractivity contribution is 6.11. The van der Waals surface area contributed by atoms with Crippen molar-refractivity contribution in [3.8, 4) is 0 Å². The Bertz CT molecular complexity index is 602. The summed E-state index contributed by atoms with van der Waals surface area (Å²) in [4.78, 5) is 35.6. The number of likely N-dealkylation sites (tertiary alicyclic amines) is 1. The minimum absolute atomic E-state index is 0.240. The molecule has 7 nitrogen and oxygen atoms in total. The summed E-state index contributed by atoms with van der Waals surface area (Å²) in [5, 5.41) is 20.3. The van der Waals surface area contributed by atoms with Gasteiger partial charge in [0, 0.05) is 18.7 Å². The number of allylic oxidation sites excluding steroid dienone is 1. The molecule has 0 spiro atoms. The molecule has 0 radical (unpaired) electrons. The molecule has 1 aliphatic heterocycles. The minimum Gasteiger partial charge on any atom is -0.473 e. The van der Waals surface area contributed by atoms with Crippen molar-refractivity contribution in [3.63, 3.8) is 0 Å². The van der Waals surface area contributed by atoms with Crippen molar-refractivity contribution in [2.45, 2.75) is 19.3 Å². The molecule has 1 N–H and O–H groups in total. The molecule has 1 aromatic carbocycles. The molecular formula is C15H16N2O5. The highest BCUT2D eigenvalue weighted by Crippen LogP contribution is 2.22. The molecule has 0 aliphatic carbocycles. The van der Waals surface area contributed by atoms with E-state index in [1.54, 1.807) is 18.2 Å². The number of carbonyl (C=O) groups is 2. The summed E-state index contributed by atoms with van der Waals surface area (Å²) in [6.07, 6.45) is 2.51. The first-order valence-corrected chi connectivity index (χ1v) is 6.99.